The average molecular weight is 466 g/mol. The minimum atomic E-state index is -4.88. The van der Waals surface area contributed by atoms with E-state index in [1.165, 1.54) is 0 Å². The lowest BCUT2D eigenvalue weighted by Crippen LogP contribution is -2.46. The van der Waals surface area contributed by atoms with E-state index in [1.54, 1.807) is 24.7 Å². The molecule has 1 fully saturated rings. The number of anilines is 2. The number of fused-ring (bicyclic) bond motifs is 1. The number of carbonyl (C=O) groups is 1. The molecule has 11 heteroatoms. The molecule has 1 saturated carbocycles. The Morgan fingerprint density at radius 1 is 1.12 bits per heavy atom. The number of alkyl halides is 3. The number of pyridine rings is 1. The van der Waals surface area contributed by atoms with Gasteiger partial charge in [0.1, 0.15) is 17.7 Å². The highest BCUT2D eigenvalue weighted by atomic mass is 35.5. The van der Waals surface area contributed by atoms with Gasteiger partial charge >= 0.3 is 12.1 Å². The van der Waals surface area contributed by atoms with Crippen molar-refractivity contribution < 1.29 is 22.7 Å². The highest BCUT2D eigenvalue weighted by molar-refractivity contribution is 6.28. The van der Waals surface area contributed by atoms with Gasteiger partial charge in [0.05, 0.1) is 18.1 Å². The molecule has 2 atom stereocenters. The predicted molar refractivity (Wildman–Crippen MR) is 113 cm³/mol. The van der Waals surface area contributed by atoms with Crippen LogP contribution in [0.4, 0.5) is 24.7 Å². The van der Waals surface area contributed by atoms with E-state index in [1.807, 2.05) is 18.2 Å². The SMILES string of the molecule is O=C(N[C@@H]1CCC[C@H](Oc2ccc3c(Nc4cnc(Cl)nc4)nccc3c2)C1)C(F)(F)F. The molecule has 7 nitrogen and oxygen atoms in total. The van der Waals surface area contributed by atoms with Crippen molar-refractivity contribution in [3.05, 3.63) is 48.1 Å². The van der Waals surface area contributed by atoms with Crippen molar-refractivity contribution in [1.29, 1.82) is 0 Å². The maximum atomic E-state index is 12.5. The highest BCUT2D eigenvalue weighted by Crippen LogP contribution is 2.30. The van der Waals surface area contributed by atoms with Crippen LogP contribution in [0.25, 0.3) is 10.8 Å². The molecule has 32 heavy (non-hydrogen) atoms. The Morgan fingerprint density at radius 3 is 2.66 bits per heavy atom. The van der Waals surface area contributed by atoms with E-state index in [9.17, 15) is 18.0 Å². The summed E-state index contributed by atoms with van der Waals surface area (Å²) in [7, 11) is 0. The van der Waals surface area contributed by atoms with Gasteiger partial charge in [0.25, 0.3) is 0 Å². The van der Waals surface area contributed by atoms with Crippen LogP contribution in [-0.4, -0.2) is 39.2 Å². The van der Waals surface area contributed by atoms with Crippen molar-refractivity contribution >= 4 is 39.8 Å². The van der Waals surface area contributed by atoms with Crippen molar-refractivity contribution in [3.8, 4) is 5.75 Å². The molecule has 0 aliphatic heterocycles. The van der Waals surface area contributed by atoms with E-state index in [0.717, 1.165) is 10.8 Å². The van der Waals surface area contributed by atoms with E-state index in [2.05, 4.69) is 25.6 Å². The van der Waals surface area contributed by atoms with Gasteiger partial charge in [0.15, 0.2) is 0 Å². The molecule has 2 aromatic heterocycles. The Morgan fingerprint density at radius 2 is 1.91 bits per heavy atom. The first kappa shape index (κ1) is 22.1. The second-order valence-corrected chi connectivity index (χ2v) is 7.82. The molecule has 1 aromatic carbocycles. The number of aromatic nitrogens is 3. The lowest BCUT2D eigenvalue weighted by molar-refractivity contribution is -0.174. The summed E-state index contributed by atoms with van der Waals surface area (Å²) in [5, 5.41) is 7.06. The van der Waals surface area contributed by atoms with Crippen LogP contribution in [0, 0.1) is 0 Å². The fourth-order valence-electron chi connectivity index (χ4n) is 3.69. The summed E-state index contributed by atoms with van der Waals surface area (Å²) in [4.78, 5) is 23.4. The van der Waals surface area contributed by atoms with Crippen molar-refractivity contribution in [3.63, 3.8) is 0 Å². The third-order valence-corrected chi connectivity index (χ3v) is 5.34. The quantitative estimate of drug-likeness (QED) is 0.527. The topological polar surface area (TPSA) is 89.0 Å². The maximum Gasteiger partial charge on any atom is 0.471 e. The number of nitrogens with zero attached hydrogens (tertiary/aromatic N) is 3. The highest BCUT2D eigenvalue weighted by Gasteiger charge is 2.40. The van der Waals surface area contributed by atoms with Crippen LogP contribution in [0.15, 0.2) is 42.9 Å². The lowest BCUT2D eigenvalue weighted by Gasteiger charge is -2.30. The summed E-state index contributed by atoms with van der Waals surface area (Å²) >= 11 is 5.71. The molecule has 3 aromatic rings. The largest absolute Gasteiger partial charge is 0.490 e. The second-order valence-electron chi connectivity index (χ2n) is 7.48. The van der Waals surface area contributed by atoms with Crippen LogP contribution < -0.4 is 15.4 Å². The number of benzene rings is 1. The van der Waals surface area contributed by atoms with Crippen molar-refractivity contribution in [2.45, 2.75) is 44.0 Å². The number of hydrogen-bond donors (Lipinski definition) is 2. The fraction of sp³-hybridized carbons (Fsp3) is 0.333. The molecule has 4 rings (SSSR count). The molecule has 0 radical (unpaired) electrons. The fourth-order valence-corrected chi connectivity index (χ4v) is 3.78. The minimum Gasteiger partial charge on any atom is -0.490 e. The van der Waals surface area contributed by atoms with Gasteiger partial charge in [-0.3, -0.25) is 4.79 Å². The molecule has 1 aliphatic rings. The Hall–Kier alpha value is -3.14. The Kier molecular flexibility index (Phi) is 6.31. The molecule has 0 bridgehead atoms. The molecular formula is C21H19ClF3N5O2. The van der Waals surface area contributed by atoms with Crippen molar-refractivity contribution in [1.82, 2.24) is 20.3 Å². The number of carbonyl (C=O) groups excluding carboxylic acids is 1. The van der Waals surface area contributed by atoms with E-state index in [-0.39, 0.29) is 11.4 Å². The zero-order chi connectivity index (χ0) is 22.7. The number of amides is 1. The van der Waals surface area contributed by atoms with Crippen LogP contribution >= 0.6 is 11.6 Å². The number of halogens is 4. The van der Waals surface area contributed by atoms with E-state index < -0.39 is 18.1 Å². The number of ether oxygens (including phenoxy) is 1. The summed E-state index contributed by atoms with van der Waals surface area (Å²) in [6.07, 6.45) is 1.75. The monoisotopic (exact) mass is 465 g/mol. The van der Waals surface area contributed by atoms with Gasteiger partial charge < -0.3 is 15.4 Å². The molecule has 0 saturated heterocycles. The number of nitrogens with one attached hydrogen (secondary N) is 2. The molecule has 0 unspecified atom stereocenters. The van der Waals surface area contributed by atoms with E-state index in [0.29, 0.717) is 42.9 Å². The smallest absolute Gasteiger partial charge is 0.471 e. The molecule has 1 amide bonds. The van der Waals surface area contributed by atoms with Gasteiger partial charge in [0, 0.05) is 24.0 Å². The van der Waals surface area contributed by atoms with Crippen LogP contribution in [0.2, 0.25) is 5.28 Å². The van der Waals surface area contributed by atoms with E-state index in [4.69, 9.17) is 16.3 Å². The standard InChI is InChI=1S/C21H19ClF3N5O2/c22-20-27-10-14(11-28-20)29-18-17-5-4-16(8-12(17)6-7-26-18)32-15-3-1-2-13(9-15)30-19(31)21(23,24)25/h4-8,10-11,13,15H,1-3,9H2,(H,26,29)(H,30,31)/t13-,15+/m1/s1. The first-order chi connectivity index (χ1) is 15.3. The van der Waals surface area contributed by atoms with Crippen LogP contribution in [0.5, 0.6) is 5.75 Å². The van der Waals surface area contributed by atoms with Gasteiger partial charge in [-0.25, -0.2) is 15.0 Å². The minimum absolute atomic E-state index is 0.145. The van der Waals surface area contributed by atoms with Crippen molar-refractivity contribution in [2.75, 3.05) is 5.32 Å². The Balaban J connectivity index is 1.45. The van der Waals surface area contributed by atoms with Crippen LogP contribution in [0.1, 0.15) is 25.7 Å². The molecular weight excluding hydrogens is 447 g/mol. The van der Waals surface area contributed by atoms with Crippen LogP contribution in [0.3, 0.4) is 0 Å². The second kappa shape index (κ2) is 9.15. The molecule has 2 heterocycles. The third-order valence-electron chi connectivity index (χ3n) is 5.14. The average Bonchev–Trinajstić information content (AvgIpc) is 2.75. The Labute approximate surface area is 186 Å². The summed E-state index contributed by atoms with van der Waals surface area (Å²) in [5.74, 6) is -0.711. The molecule has 168 valence electrons. The van der Waals surface area contributed by atoms with Gasteiger partial charge in [-0.05, 0) is 60.5 Å². The van der Waals surface area contributed by atoms with Gasteiger partial charge in [-0.2, -0.15) is 13.2 Å². The first-order valence-corrected chi connectivity index (χ1v) is 10.3. The van der Waals surface area contributed by atoms with Crippen LogP contribution in [-0.2, 0) is 4.79 Å². The molecule has 2 N–H and O–H groups in total. The number of rotatable bonds is 5. The molecule has 0 spiro atoms. The number of hydrogen-bond acceptors (Lipinski definition) is 6. The Bertz CT molecular complexity index is 1110. The normalized spacial score (nSPS) is 18.9. The third kappa shape index (κ3) is 5.37. The van der Waals surface area contributed by atoms with Gasteiger partial charge in [-0.1, -0.05) is 0 Å². The zero-order valence-electron chi connectivity index (χ0n) is 16.7. The molecule has 1 aliphatic carbocycles. The summed E-state index contributed by atoms with van der Waals surface area (Å²) in [6.45, 7) is 0. The first-order valence-electron chi connectivity index (χ1n) is 9.95. The summed E-state index contributed by atoms with van der Waals surface area (Å²) in [6, 6.07) is 6.75. The zero-order valence-corrected chi connectivity index (χ0v) is 17.5. The predicted octanol–water partition coefficient (Wildman–Crippen LogP) is 4.79. The van der Waals surface area contributed by atoms with E-state index >= 15 is 0 Å². The lowest BCUT2D eigenvalue weighted by atomic mass is 9.92. The maximum absolute atomic E-state index is 12.5. The van der Waals surface area contributed by atoms with Crippen molar-refractivity contribution in [2.24, 2.45) is 0 Å². The summed E-state index contributed by atoms with van der Waals surface area (Å²) < 4.78 is 43.6. The summed E-state index contributed by atoms with van der Waals surface area (Å²) in [5.41, 5.74) is 0.629. The van der Waals surface area contributed by atoms with Gasteiger partial charge in [-0.15, -0.1) is 0 Å². The van der Waals surface area contributed by atoms with Gasteiger partial charge in [0.2, 0.25) is 5.28 Å².